The van der Waals surface area contributed by atoms with Crippen LogP contribution in [-0.2, 0) is 10.0 Å². The number of unbranched alkanes of at least 4 members (excludes halogenated alkanes) is 1. The molecule has 0 aliphatic carbocycles. The van der Waals surface area contributed by atoms with Crippen LogP contribution >= 0.6 is 11.6 Å². The highest BCUT2D eigenvalue weighted by Crippen LogP contribution is 2.31. The lowest BCUT2D eigenvalue weighted by molar-refractivity contribution is 0.303. The van der Waals surface area contributed by atoms with Crippen molar-refractivity contribution in [2.45, 2.75) is 24.7 Å². The van der Waals surface area contributed by atoms with Gasteiger partial charge in [0.2, 0.25) is 11.6 Å². The van der Waals surface area contributed by atoms with Gasteiger partial charge >= 0.3 is 0 Å². The van der Waals surface area contributed by atoms with E-state index in [0.717, 1.165) is 31.0 Å². The van der Waals surface area contributed by atoms with Crippen LogP contribution < -0.4 is 19.8 Å². The van der Waals surface area contributed by atoms with E-state index < -0.39 is 15.8 Å². The number of aromatic nitrogens is 3. The molecule has 0 fully saturated rings. The first-order chi connectivity index (χ1) is 17.2. The van der Waals surface area contributed by atoms with Crippen molar-refractivity contribution < 1.29 is 22.3 Å². The predicted molar refractivity (Wildman–Crippen MR) is 134 cm³/mol. The largest absolute Gasteiger partial charge is 0.487 e. The minimum absolute atomic E-state index is 0.00629. The number of hydrogen-bond donors (Lipinski definition) is 1. The average Bonchev–Trinajstić information content (AvgIpc) is 2.85. The molecule has 0 bridgehead atoms. The molecule has 3 heterocycles. The fourth-order valence-electron chi connectivity index (χ4n) is 3.39. The highest BCUT2D eigenvalue weighted by molar-refractivity contribution is 7.92. The molecule has 0 radical (unpaired) electrons. The SMILES string of the molecule is CCCCOc1cnc2ccc(-c3cnc(OC)c(NS(=O)(=O)c4ccc(F)cc4Cl)c3)cn2c1=O. The molecule has 0 atom stereocenters. The van der Waals surface area contributed by atoms with Crippen molar-refractivity contribution in [3.8, 4) is 22.8 Å². The van der Waals surface area contributed by atoms with Crippen molar-refractivity contribution in [1.29, 1.82) is 0 Å². The van der Waals surface area contributed by atoms with Gasteiger partial charge in [0.15, 0.2) is 0 Å². The van der Waals surface area contributed by atoms with Gasteiger partial charge in [0.25, 0.3) is 15.6 Å². The smallest absolute Gasteiger partial charge is 0.300 e. The third-order valence-corrected chi connectivity index (χ3v) is 7.08. The van der Waals surface area contributed by atoms with Gasteiger partial charge in [-0.25, -0.2) is 22.8 Å². The maximum atomic E-state index is 13.4. The lowest BCUT2D eigenvalue weighted by Crippen LogP contribution is -2.18. The Morgan fingerprint density at radius 2 is 1.92 bits per heavy atom. The van der Waals surface area contributed by atoms with E-state index in [1.54, 1.807) is 18.3 Å². The van der Waals surface area contributed by atoms with Gasteiger partial charge in [0.05, 0.1) is 24.9 Å². The minimum atomic E-state index is -4.20. The molecule has 36 heavy (non-hydrogen) atoms. The Hall–Kier alpha value is -3.70. The Bertz CT molecular complexity index is 1590. The number of hydrogen-bond acceptors (Lipinski definition) is 7. The molecule has 0 aliphatic rings. The molecule has 4 rings (SSSR count). The molecule has 0 saturated heterocycles. The van der Waals surface area contributed by atoms with E-state index in [-0.39, 0.29) is 32.8 Å². The highest BCUT2D eigenvalue weighted by Gasteiger charge is 2.21. The third-order valence-electron chi connectivity index (χ3n) is 5.23. The zero-order chi connectivity index (χ0) is 25.9. The molecule has 1 aromatic carbocycles. The summed E-state index contributed by atoms with van der Waals surface area (Å²) < 4.78 is 53.8. The van der Waals surface area contributed by atoms with Crippen LogP contribution in [-0.4, -0.2) is 36.5 Å². The molecule has 0 unspecified atom stereocenters. The Kier molecular flexibility index (Phi) is 7.41. The maximum absolute atomic E-state index is 13.4. The van der Waals surface area contributed by atoms with E-state index in [0.29, 0.717) is 23.4 Å². The molecule has 188 valence electrons. The molecule has 12 heteroatoms. The second-order valence-electron chi connectivity index (χ2n) is 7.74. The Morgan fingerprint density at radius 1 is 1.11 bits per heavy atom. The molecule has 9 nitrogen and oxygen atoms in total. The van der Waals surface area contributed by atoms with E-state index in [1.807, 2.05) is 6.92 Å². The van der Waals surface area contributed by atoms with Crippen LogP contribution in [0.4, 0.5) is 10.1 Å². The lowest BCUT2D eigenvalue weighted by Gasteiger charge is -2.14. The molecular weight excluding hydrogens is 511 g/mol. The number of pyridine rings is 2. The van der Waals surface area contributed by atoms with Crippen LogP contribution in [0.5, 0.6) is 11.6 Å². The van der Waals surface area contributed by atoms with Crippen molar-refractivity contribution in [2.24, 2.45) is 0 Å². The van der Waals surface area contributed by atoms with Crippen LogP contribution in [0.15, 0.2) is 64.7 Å². The zero-order valence-corrected chi connectivity index (χ0v) is 20.9. The van der Waals surface area contributed by atoms with Crippen LogP contribution in [0.2, 0.25) is 5.02 Å². The molecule has 0 spiro atoms. The summed E-state index contributed by atoms with van der Waals surface area (Å²) >= 11 is 5.95. The second-order valence-corrected chi connectivity index (χ2v) is 9.79. The second kappa shape index (κ2) is 10.5. The van der Waals surface area contributed by atoms with Crippen molar-refractivity contribution >= 4 is 33.0 Å². The fraction of sp³-hybridized carbons (Fsp3) is 0.208. The minimum Gasteiger partial charge on any atom is -0.487 e. The van der Waals surface area contributed by atoms with Gasteiger partial charge in [-0.1, -0.05) is 24.9 Å². The Labute approximate surface area is 211 Å². The van der Waals surface area contributed by atoms with Crippen LogP contribution in [0.3, 0.4) is 0 Å². The van der Waals surface area contributed by atoms with Crippen molar-refractivity contribution in [3.05, 3.63) is 76.2 Å². The van der Waals surface area contributed by atoms with Gasteiger partial charge in [-0.15, -0.1) is 0 Å². The third kappa shape index (κ3) is 5.26. The summed E-state index contributed by atoms with van der Waals surface area (Å²) in [5, 5.41) is -0.274. The summed E-state index contributed by atoms with van der Waals surface area (Å²) in [6, 6.07) is 7.84. The molecule has 0 saturated carbocycles. The predicted octanol–water partition coefficient (Wildman–Crippen LogP) is 4.54. The van der Waals surface area contributed by atoms with E-state index >= 15 is 0 Å². The first-order valence-corrected chi connectivity index (χ1v) is 12.8. The van der Waals surface area contributed by atoms with E-state index in [4.69, 9.17) is 21.1 Å². The zero-order valence-electron chi connectivity index (χ0n) is 19.4. The van der Waals surface area contributed by atoms with Crippen LogP contribution in [0.25, 0.3) is 16.8 Å². The van der Waals surface area contributed by atoms with E-state index in [2.05, 4.69) is 14.7 Å². The monoisotopic (exact) mass is 532 g/mol. The van der Waals surface area contributed by atoms with Gasteiger partial charge in [0, 0.05) is 23.5 Å². The number of rotatable bonds is 9. The Balaban J connectivity index is 1.73. The van der Waals surface area contributed by atoms with Crippen molar-refractivity contribution in [2.75, 3.05) is 18.4 Å². The number of nitrogens with one attached hydrogen (secondary N) is 1. The summed E-state index contributed by atoms with van der Waals surface area (Å²) in [5.41, 5.74) is 1.13. The normalized spacial score (nSPS) is 11.4. The first-order valence-electron chi connectivity index (χ1n) is 10.9. The number of benzene rings is 1. The summed E-state index contributed by atoms with van der Waals surface area (Å²) in [5.74, 6) is -0.525. The molecule has 3 aromatic heterocycles. The lowest BCUT2D eigenvalue weighted by atomic mass is 10.1. The highest BCUT2D eigenvalue weighted by atomic mass is 35.5. The molecule has 4 aromatic rings. The topological polar surface area (TPSA) is 112 Å². The summed E-state index contributed by atoms with van der Waals surface area (Å²) in [6.07, 6.45) is 6.17. The standard InChI is InChI=1S/C24H22ClFN4O5S/c1-3-4-9-35-20-13-27-22-8-5-15(14-30(22)24(20)31)16-10-19(23(34-2)28-12-16)29-36(32,33)21-7-6-17(26)11-18(21)25/h5-8,10-14,29H,3-4,9H2,1-2H3. The Morgan fingerprint density at radius 3 is 2.64 bits per heavy atom. The quantitative estimate of drug-likeness (QED) is 0.315. The van der Waals surface area contributed by atoms with Gasteiger partial charge in [0.1, 0.15) is 22.0 Å². The van der Waals surface area contributed by atoms with Crippen LogP contribution in [0, 0.1) is 5.82 Å². The number of anilines is 1. The number of sulfonamides is 1. The molecule has 0 amide bonds. The fourth-order valence-corrected chi connectivity index (χ4v) is 4.97. The molecular formula is C24H22ClFN4O5S. The van der Waals surface area contributed by atoms with Gasteiger partial charge in [-0.2, -0.15) is 0 Å². The van der Waals surface area contributed by atoms with Gasteiger partial charge in [-0.3, -0.25) is 13.9 Å². The summed E-state index contributed by atoms with van der Waals surface area (Å²) in [7, 11) is -2.86. The number of fused-ring (bicyclic) bond motifs is 1. The number of halogens is 2. The molecule has 0 aliphatic heterocycles. The number of nitrogens with zero attached hydrogens (tertiary/aromatic N) is 3. The van der Waals surface area contributed by atoms with E-state index in [9.17, 15) is 17.6 Å². The van der Waals surface area contributed by atoms with Crippen LogP contribution in [0.1, 0.15) is 19.8 Å². The summed E-state index contributed by atoms with van der Waals surface area (Å²) in [6.45, 7) is 2.43. The van der Waals surface area contributed by atoms with Crippen molar-refractivity contribution in [1.82, 2.24) is 14.4 Å². The number of methoxy groups -OCH3 is 1. The average molecular weight is 533 g/mol. The van der Waals surface area contributed by atoms with E-state index in [1.165, 1.54) is 30.0 Å². The van der Waals surface area contributed by atoms with Crippen molar-refractivity contribution in [3.63, 3.8) is 0 Å². The maximum Gasteiger partial charge on any atom is 0.300 e. The molecule has 1 N–H and O–H groups in total. The first kappa shape index (κ1) is 25.4. The van der Waals surface area contributed by atoms with Gasteiger partial charge in [-0.05, 0) is 42.8 Å². The summed E-state index contributed by atoms with van der Waals surface area (Å²) in [4.78, 5) is 21.1. The van der Waals surface area contributed by atoms with Gasteiger partial charge < -0.3 is 9.47 Å². The number of ether oxygens (including phenoxy) is 2.